The van der Waals surface area contributed by atoms with E-state index in [1.807, 2.05) is 0 Å². The zero-order valence-corrected chi connectivity index (χ0v) is 10.4. The van der Waals surface area contributed by atoms with Crippen LogP contribution >= 0.6 is 0 Å². The largest absolute Gasteiger partial charge is 0.383 e. The normalized spacial score (nSPS) is 11.3. The molecule has 2 N–H and O–H groups in total. The second-order valence-corrected chi connectivity index (χ2v) is 3.82. The molecule has 4 nitrogen and oxygen atoms in total. The van der Waals surface area contributed by atoms with Gasteiger partial charge in [-0.25, -0.2) is 8.78 Å². The summed E-state index contributed by atoms with van der Waals surface area (Å²) in [7, 11) is 0. The fourth-order valence-electron chi connectivity index (χ4n) is 1.31. The van der Waals surface area contributed by atoms with Gasteiger partial charge in [0.05, 0.1) is 0 Å². The summed E-state index contributed by atoms with van der Waals surface area (Å²) in [6.45, 7) is 2.05. The molecule has 1 rings (SSSR count). The van der Waals surface area contributed by atoms with Gasteiger partial charge in [-0.1, -0.05) is 6.07 Å². The monoisotopic (exact) mass is 292 g/mol. The number of amides is 2. The van der Waals surface area contributed by atoms with Gasteiger partial charge in [-0.05, 0) is 25.1 Å². The molecule has 20 heavy (non-hydrogen) atoms. The van der Waals surface area contributed by atoms with Crippen LogP contribution in [0.4, 0.5) is 23.2 Å². The second kappa shape index (κ2) is 6.36. The molecule has 1 aromatic rings. The van der Waals surface area contributed by atoms with E-state index < -0.39 is 24.2 Å². The first-order chi connectivity index (χ1) is 9.28. The molecule has 0 fully saturated rings. The van der Waals surface area contributed by atoms with E-state index in [-0.39, 0.29) is 11.3 Å². The summed E-state index contributed by atoms with van der Waals surface area (Å²) in [6, 6.07) is 5.05. The van der Waals surface area contributed by atoms with Crippen molar-refractivity contribution in [1.82, 2.24) is 5.32 Å². The van der Waals surface area contributed by atoms with Gasteiger partial charge in [0, 0.05) is 17.8 Å². The van der Waals surface area contributed by atoms with Crippen LogP contribution in [-0.4, -0.2) is 30.7 Å². The van der Waals surface area contributed by atoms with Crippen molar-refractivity contribution in [3.8, 4) is 0 Å². The molecule has 0 saturated carbocycles. The van der Waals surface area contributed by atoms with Gasteiger partial charge in [0.25, 0.3) is 5.91 Å². The highest BCUT2D eigenvalue weighted by molar-refractivity contribution is 5.99. The Labute approximate surface area is 112 Å². The smallest absolute Gasteiger partial charge is 0.352 e. The van der Waals surface area contributed by atoms with Crippen LogP contribution in [0.25, 0.3) is 0 Å². The molecular weight excluding hydrogens is 280 g/mol. The summed E-state index contributed by atoms with van der Waals surface area (Å²) in [5.41, 5.74) is -0.0518. The molecule has 0 bridgehead atoms. The number of carbonyl (C=O) groups is 2. The van der Waals surface area contributed by atoms with Crippen LogP contribution < -0.4 is 10.6 Å². The van der Waals surface area contributed by atoms with Crippen LogP contribution in [0.15, 0.2) is 24.3 Å². The van der Waals surface area contributed by atoms with E-state index in [9.17, 15) is 27.2 Å². The van der Waals surface area contributed by atoms with Gasteiger partial charge in [-0.15, -0.1) is 0 Å². The zero-order valence-electron chi connectivity index (χ0n) is 10.4. The third-order valence-corrected chi connectivity index (χ3v) is 2.30. The Kier molecular flexibility index (Phi) is 5.06. The van der Waals surface area contributed by atoms with E-state index in [4.69, 9.17) is 0 Å². The van der Waals surface area contributed by atoms with Crippen LogP contribution in [0.1, 0.15) is 17.3 Å². The standard InChI is InChI=1S/C12H12F4N2O2/c1-2-17-9(19)7-4-3-5-8(6-7)18-11(20)12(15,16)10(13)14/h3-6,10H,2H2,1H3,(H,17,19)(H,18,20). The molecule has 0 spiro atoms. The Morgan fingerprint density at radius 3 is 2.50 bits per heavy atom. The number of hydrogen-bond acceptors (Lipinski definition) is 2. The van der Waals surface area contributed by atoms with E-state index in [1.54, 1.807) is 12.2 Å². The molecule has 0 unspecified atom stereocenters. The predicted molar refractivity (Wildman–Crippen MR) is 64.0 cm³/mol. The van der Waals surface area contributed by atoms with Crippen LogP contribution in [-0.2, 0) is 4.79 Å². The third kappa shape index (κ3) is 3.69. The van der Waals surface area contributed by atoms with Gasteiger partial charge in [-0.2, -0.15) is 8.78 Å². The van der Waals surface area contributed by atoms with Gasteiger partial charge in [0.2, 0.25) is 0 Å². The maximum Gasteiger partial charge on any atom is 0.383 e. The highest BCUT2D eigenvalue weighted by atomic mass is 19.3. The Bertz CT molecular complexity index is 506. The summed E-state index contributed by atoms with van der Waals surface area (Å²) >= 11 is 0. The van der Waals surface area contributed by atoms with Crippen molar-refractivity contribution in [3.05, 3.63) is 29.8 Å². The first-order valence-electron chi connectivity index (χ1n) is 5.64. The number of benzene rings is 1. The number of rotatable bonds is 5. The lowest BCUT2D eigenvalue weighted by Crippen LogP contribution is -2.41. The Morgan fingerprint density at radius 2 is 1.95 bits per heavy atom. The van der Waals surface area contributed by atoms with Gasteiger partial charge < -0.3 is 10.6 Å². The molecule has 0 aliphatic rings. The Hall–Kier alpha value is -2.12. The van der Waals surface area contributed by atoms with Crippen molar-refractivity contribution in [2.24, 2.45) is 0 Å². The minimum Gasteiger partial charge on any atom is -0.352 e. The third-order valence-electron chi connectivity index (χ3n) is 2.30. The maximum atomic E-state index is 12.8. The average Bonchev–Trinajstić information content (AvgIpc) is 2.39. The molecule has 8 heteroatoms. The van der Waals surface area contributed by atoms with Crippen LogP contribution in [0.2, 0.25) is 0 Å². The van der Waals surface area contributed by atoms with Crippen molar-refractivity contribution in [3.63, 3.8) is 0 Å². The van der Waals surface area contributed by atoms with E-state index in [2.05, 4.69) is 5.32 Å². The lowest BCUT2D eigenvalue weighted by Gasteiger charge is -2.15. The molecule has 0 aliphatic carbocycles. The van der Waals surface area contributed by atoms with Crippen molar-refractivity contribution in [2.45, 2.75) is 19.3 Å². The highest BCUT2D eigenvalue weighted by Gasteiger charge is 2.48. The van der Waals surface area contributed by atoms with Crippen molar-refractivity contribution >= 4 is 17.5 Å². The molecular formula is C12H12F4N2O2. The number of carbonyl (C=O) groups excluding carboxylic acids is 2. The van der Waals surface area contributed by atoms with E-state index in [0.717, 1.165) is 6.07 Å². The number of alkyl halides is 4. The first kappa shape index (κ1) is 15.9. The van der Waals surface area contributed by atoms with Crippen molar-refractivity contribution in [2.75, 3.05) is 11.9 Å². The Balaban J connectivity index is 2.86. The second-order valence-electron chi connectivity index (χ2n) is 3.82. The maximum absolute atomic E-state index is 12.8. The summed E-state index contributed by atoms with van der Waals surface area (Å²) < 4.78 is 49.5. The van der Waals surface area contributed by atoms with E-state index in [1.165, 1.54) is 18.2 Å². The topological polar surface area (TPSA) is 58.2 Å². The molecule has 2 amide bonds. The summed E-state index contributed by atoms with van der Waals surface area (Å²) in [5, 5.41) is 4.12. The summed E-state index contributed by atoms with van der Waals surface area (Å²) in [5.74, 6) is -7.38. The van der Waals surface area contributed by atoms with E-state index in [0.29, 0.717) is 6.54 Å². The minimum atomic E-state index is -4.79. The van der Waals surface area contributed by atoms with Crippen molar-refractivity contribution in [1.29, 1.82) is 0 Å². The van der Waals surface area contributed by atoms with E-state index >= 15 is 0 Å². The number of halogens is 4. The molecule has 0 aliphatic heterocycles. The lowest BCUT2D eigenvalue weighted by molar-refractivity contribution is -0.163. The Morgan fingerprint density at radius 1 is 1.30 bits per heavy atom. The van der Waals surface area contributed by atoms with Gasteiger partial charge >= 0.3 is 18.3 Å². The molecule has 0 radical (unpaired) electrons. The highest BCUT2D eigenvalue weighted by Crippen LogP contribution is 2.24. The predicted octanol–water partition coefficient (Wildman–Crippen LogP) is 2.28. The van der Waals surface area contributed by atoms with Gasteiger partial charge in [-0.3, -0.25) is 9.59 Å². The van der Waals surface area contributed by atoms with Crippen LogP contribution in [0.5, 0.6) is 0 Å². The molecule has 0 aromatic heterocycles. The zero-order chi connectivity index (χ0) is 15.3. The van der Waals surface area contributed by atoms with Gasteiger partial charge in [0.1, 0.15) is 0 Å². The molecule has 0 heterocycles. The SMILES string of the molecule is CCNC(=O)c1cccc(NC(=O)C(F)(F)C(F)F)c1. The molecule has 1 aromatic carbocycles. The quantitative estimate of drug-likeness (QED) is 0.818. The molecule has 110 valence electrons. The average molecular weight is 292 g/mol. The molecule has 0 saturated heterocycles. The summed E-state index contributed by atoms with van der Waals surface area (Å²) in [4.78, 5) is 22.5. The minimum absolute atomic E-state index is 0.116. The number of hydrogen-bond donors (Lipinski definition) is 2. The van der Waals surface area contributed by atoms with Gasteiger partial charge in [0.15, 0.2) is 0 Å². The molecule has 0 atom stereocenters. The van der Waals surface area contributed by atoms with Crippen LogP contribution in [0.3, 0.4) is 0 Å². The summed E-state index contributed by atoms with van der Waals surface area (Å²) in [6.07, 6.45) is -4.10. The first-order valence-corrected chi connectivity index (χ1v) is 5.64. The number of anilines is 1. The van der Waals surface area contributed by atoms with Crippen molar-refractivity contribution < 1.29 is 27.2 Å². The fraction of sp³-hybridized carbons (Fsp3) is 0.333. The fourth-order valence-corrected chi connectivity index (χ4v) is 1.31. The number of nitrogens with one attached hydrogen (secondary N) is 2. The van der Waals surface area contributed by atoms with Crippen LogP contribution in [0, 0.1) is 0 Å². The lowest BCUT2D eigenvalue weighted by atomic mass is 10.2.